The Bertz CT molecular complexity index is 985. The Morgan fingerprint density at radius 3 is 2.62 bits per heavy atom. The van der Waals surface area contributed by atoms with Crippen molar-refractivity contribution in [3.8, 4) is 0 Å². The van der Waals surface area contributed by atoms with Crippen LogP contribution in [0.2, 0.25) is 0 Å². The average molecular weight is 346 g/mol. The number of hydrogen-bond donors (Lipinski definition) is 2. The predicted octanol–water partition coefficient (Wildman–Crippen LogP) is 0.864. The Hall–Kier alpha value is -2.32. The van der Waals surface area contributed by atoms with E-state index in [0.717, 1.165) is 11.1 Å². The van der Waals surface area contributed by atoms with Gasteiger partial charge in [-0.05, 0) is 12.5 Å². The van der Waals surface area contributed by atoms with E-state index in [1.165, 1.54) is 16.3 Å². The number of aryl methyl sites for hydroxylation is 2. The maximum atomic E-state index is 12.3. The smallest absolute Gasteiger partial charge is 0.329 e. The fourth-order valence-electron chi connectivity index (χ4n) is 2.48. The molecule has 3 rings (SSSR count). The maximum absolute atomic E-state index is 12.3. The number of nitrogens with zero attached hydrogens (tertiary/aromatic N) is 3. The van der Waals surface area contributed by atoms with Gasteiger partial charge in [0, 0.05) is 12.8 Å². The summed E-state index contributed by atoms with van der Waals surface area (Å²) in [5, 5.41) is 9.69. The first-order chi connectivity index (χ1) is 11.5. The highest BCUT2D eigenvalue weighted by Crippen LogP contribution is 2.22. The molecule has 2 aromatic heterocycles. The minimum absolute atomic E-state index is 0.00763. The number of hydrogen-bond acceptors (Lipinski definition) is 5. The average Bonchev–Trinajstić information content (AvgIpc) is 2.92. The van der Waals surface area contributed by atoms with Gasteiger partial charge in [-0.2, -0.15) is 0 Å². The number of aromatic amines is 1. The van der Waals surface area contributed by atoms with Gasteiger partial charge in [-0.3, -0.25) is 14.3 Å². The highest BCUT2D eigenvalue weighted by molar-refractivity contribution is 7.99. The third kappa shape index (κ3) is 3.02. The van der Waals surface area contributed by atoms with Gasteiger partial charge in [-0.15, -0.1) is 0 Å². The number of aliphatic hydroxyl groups excluding tert-OH is 1. The van der Waals surface area contributed by atoms with Crippen LogP contribution in [0.1, 0.15) is 11.1 Å². The summed E-state index contributed by atoms with van der Waals surface area (Å²) in [7, 11) is 1.57. The van der Waals surface area contributed by atoms with Gasteiger partial charge in [-0.25, -0.2) is 9.78 Å². The van der Waals surface area contributed by atoms with Crippen molar-refractivity contribution in [3.05, 3.63) is 56.2 Å². The number of imidazole rings is 1. The van der Waals surface area contributed by atoms with E-state index in [1.54, 1.807) is 11.6 Å². The topological polar surface area (TPSA) is 92.9 Å². The molecule has 126 valence electrons. The van der Waals surface area contributed by atoms with Crippen LogP contribution in [-0.4, -0.2) is 36.6 Å². The number of benzene rings is 1. The van der Waals surface area contributed by atoms with E-state index < -0.39 is 11.2 Å². The number of H-pyrrole nitrogens is 1. The van der Waals surface area contributed by atoms with Crippen molar-refractivity contribution in [1.29, 1.82) is 0 Å². The molecule has 0 fully saturated rings. The Morgan fingerprint density at radius 2 is 1.96 bits per heavy atom. The molecule has 0 spiro atoms. The molecule has 2 heterocycles. The monoisotopic (exact) mass is 346 g/mol. The van der Waals surface area contributed by atoms with Gasteiger partial charge in [0.1, 0.15) is 0 Å². The molecule has 0 aliphatic heterocycles. The molecule has 3 aromatic rings. The highest BCUT2D eigenvalue weighted by atomic mass is 32.2. The molecule has 0 amide bonds. The van der Waals surface area contributed by atoms with E-state index in [-0.39, 0.29) is 6.61 Å². The lowest BCUT2D eigenvalue weighted by molar-refractivity contribution is 0.322. The van der Waals surface area contributed by atoms with Crippen molar-refractivity contribution in [2.45, 2.75) is 18.6 Å². The Morgan fingerprint density at radius 1 is 1.25 bits per heavy atom. The number of aromatic nitrogens is 4. The molecule has 0 saturated carbocycles. The van der Waals surface area contributed by atoms with E-state index in [2.05, 4.69) is 9.97 Å². The Kier molecular flexibility index (Phi) is 4.59. The standard InChI is InChI=1S/C16H18N4O3S/c1-10-3-5-11(6-4-10)9-20-12-13(17-16(20)24-8-7-21)19(2)15(23)18-14(12)22/h3-6,21H,7-9H2,1-2H3,(H,18,22,23). The SMILES string of the molecule is Cc1ccc(Cn2c(SCCO)nc3c2c(=O)[nH]c(=O)n3C)cc1. The van der Waals surface area contributed by atoms with Gasteiger partial charge >= 0.3 is 5.69 Å². The van der Waals surface area contributed by atoms with Crippen LogP contribution in [0.5, 0.6) is 0 Å². The zero-order chi connectivity index (χ0) is 17.3. The number of nitrogens with one attached hydrogen (secondary N) is 1. The summed E-state index contributed by atoms with van der Waals surface area (Å²) in [4.78, 5) is 30.9. The number of fused-ring (bicyclic) bond motifs is 1. The molecule has 0 saturated heterocycles. The van der Waals surface area contributed by atoms with E-state index in [9.17, 15) is 9.59 Å². The van der Waals surface area contributed by atoms with E-state index in [1.807, 2.05) is 31.2 Å². The summed E-state index contributed by atoms with van der Waals surface area (Å²) >= 11 is 1.35. The molecule has 7 nitrogen and oxygen atoms in total. The zero-order valence-electron chi connectivity index (χ0n) is 13.4. The van der Waals surface area contributed by atoms with Crippen LogP contribution >= 0.6 is 11.8 Å². The molecule has 0 bridgehead atoms. The van der Waals surface area contributed by atoms with Gasteiger partial charge in [0.25, 0.3) is 5.56 Å². The summed E-state index contributed by atoms with van der Waals surface area (Å²) in [6, 6.07) is 8.01. The second-order valence-corrected chi connectivity index (χ2v) is 6.59. The third-order valence-corrected chi connectivity index (χ3v) is 4.71. The van der Waals surface area contributed by atoms with E-state index >= 15 is 0 Å². The van der Waals surface area contributed by atoms with Crippen molar-refractivity contribution < 1.29 is 5.11 Å². The minimum atomic E-state index is -0.494. The summed E-state index contributed by atoms with van der Waals surface area (Å²) in [5.41, 5.74) is 1.94. The zero-order valence-corrected chi connectivity index (χ0v) is 14.3. The molecule has 0 atom stereocenters. The molecule has 24 heavy (non-hydrogen) atoms. The summed E-state index contributed by atoms with van der Waals surface area (Å²) in [6.07, 6.45) is 0. The van der Waals surface area contributed by atoms with Gasteiger partial charge in [-0.1, -0.05) is 41.6 Å². The normalized spacial score (nSPS) is 11.3. The van der Waals surface area contributed by atoms with Crippen molar-refractivity contribution >= 4 is 22.9 Å². The molecule has 1 aromatic carbocycles. The fraction of sp³-hybridized carbons (Fsp3) is 0.312. The highest BCUT2D eigenvalue weighted by Gasteiger charge is 2.17. The molecule has 0 radical (unpaired) electrons. The van der Waals surface area contributed by atoms with Crippen molar-refractivity contribution in [1.82, 2.24) is 19.1 Å². The van der Waals surface area contributed by atoms with Crippen LogP contribution in [0.15, 0.2) is 39.0 Å². The largest absolute Gasteiger partial charge is 0.396 e. The lowest BCUT2D eigenvalue weighted by atomic mass is 10.1. The molecule has 0 aliphatic rings. The maximum Gasteiger partial charge on any atom is 0.329 e. The number of aliphatic hydroxyl groups is 1. The fourth-order valence-corrected chi connectivity index (χ4v) is 3.22. The first-order valence-corrected chi connectivity index (χ1v) is 8.48. The van der Waals surface area contributed by atoms with Crippen LogP contribution < -0.4 is 11.2 Å². The minimum Gasteiger partial charge on any atom is -0.396 e. The molecule has 0 aliphatic carbocycles. The van der Waals surface area contributed by atoms with Crippen LogP contribution in [0.4, 0.5) is 0 Å². The van der Waals surface area contributed by atoms with Gasteiger partial charge in [0.15, 0.2) is 16.3 Å². The van der Waals surface area contributed by atoms with Gasteiger partial charge in [0.05, 0.1) is 13.2 Å². The quantitative estimate of drug-likeness (QED) is 0.669. The first kappa shape index (κ1) is 16.5. The van der Waals surface area contributed by atoms with Crippen molar-refractivity contribution in [3.63, 3.8) is 0 Å². The predicted molar refractivity (Wildman–Crippen MR) is 93.7 cm³/mol. The molecule has 2 N–H and O–H groups in total. The van der Waals surface area contributed by atoms with Gasteiger partial charge < -0.3 is 9.67 Å². The first-order valence-electron chi connectivity index (χ1n) is 7.50. The van der Waals surface area contributed by atoms with Crippen molar-refractivity contribution in [2.24, 2.45) is 7.05 Å². The van der Waals surface area contributed by atoms with Crippen molar-refractivity contribution in [2.75, 3.05) is 12.4 Å². The second kappa shape index (κ2) is 6.66. The summed E-state index contributed by atoms with van der Waals surface area (Å²) < 4.78 is 3.12. The lowest BCUT2D eigenvalue weighted by Crippen LogP contribution is -2.29. The second-order valence-electron chi connectivity index (χ2n) is 5.53. The van der Waals surface area contributed by atoms with E-state index in [4.69, 9.17) is 5.11 Å². The van der Waals surface area contributed by atoms with E-state index in [0.29, 0.717) is 28.6 Å². The van der Waals surface area contributed by atoms with Crippen LogP contribution in [0.25, 0.3) is 11.2 Å². The third-order valence-electron chi connectivity index (χ3n) is 3.76. The molecule has 8 heteroatoms. The molecular formula is C16H18N4O3S. The molecule has 0 unspecified atom stereocenters. The summed E-state index contributed by atoms with van der Waals surface area (Å²) in [6.45, 7) is 2.49. The Balaban J connectivity index is 2.19. The molecular weight excluding hydrogens is 328 g/mol. The lowest BCUT2D eigenvalue weighted by Gasteiger charge is -2.08. The number of rotatable bonds is 5. The van der Waals surface area contributed by atoms with Gasteiger partial charge in [0.2, 0.25) is 0 Å². The number of thioether (sulfide) groups is 1. The van der Waals surface area contributed by atoms with Crippen LogP contribution in [0, 0.1) is 6.92 Å². The van der Waals surface area contributed by atoms with Crippen LogP contribution in [0.3, 0.4) is 0 Å². The Labute approximate surface area is 142 Å². The summed E-state index contributed by atoms with van der Waals surface area (Å²) in [5.74, 6) is 0.461. The van der Waals surface area contributed by atoms with Crippen LogP contribution in [-0.2, 0) is 13.6 Å².